The summed E-state index contributed by atoms with van der Waals surface area (Å²) in [4.78, 5) is 4.82. The highest BCUT2D eigenvalue weighted by Crippen LogP contribution is 2.49. The van der Waals surface area contributed by atoms with E-state index < -0.39 is 0 Å². The molecule has 0 aliphatic rings. The molecule has 0 N–H and O–H groups in total. The van der Waals surface area contributed by atoms with Crippen LogP contribution in [-0.4, -0.2) is 0 Å². The highest BCUT2D eigenvalue weighted by atomic mass is 32.1. The summed E-state index contributed by atoms with van der Waals surface area (Å²) >= 11 is 7.10. The highest BCUT2D eigenvalue weighted by molar-refractivity contribution is 7.17. The molecule has 0 aliphatic carbocycles. The van der Waals surface area contributed by atoms with Gasteiger partial charge >= 0.3 is 0 Å². The Kier molecular flexibility index (Phi) is 5.26. The van der Waals surface area contributed by atoms with Gasteiger partial charge in [-0.3, -0.25) is 9.80 Å². The first-order valence-electron chi connectivity index (χ1n) is 12.3. The summed E-state index contributed by atoms with van der Waals surface area (Å²) < 4.78 is 0. The second-order valence-corrected chi connectivity index (χ2v) is 12.8. The Morgan fingerprint density at radius 1 is 0.368 bits per heavy atom. The van der Waals surface area contributed by atoms with Crippen LogP contribution in [0, 0.1) is 0 Å². The number of hydrogen-bond donors (Lipinski definition) is 0. The molecule has 0 amide bonds. The number of nitrogens with zero attached hydrogens (tertiary/aromatic N) is 2. The summed E-state index contributed by atoms with van der Waals surface area (Å²) in [5, 5.41) is 21.3. The maximum absolute atomic E-state index is 2.41. The van der Waals surface area contributed by atoms with Crippen LogP contribution in [0.25, 0.3) is 32.3 Å². The molecule has 0 saturated heterocycles. The lowest BCUT2D eigenvalue weighted by Crippen LogP contribution is -2.08. The Morgan fingerprint density at radius 2 is 0.711 bits per heavy atom. The molecule has 182 valence electrons. The van der Waals surface area contributed by atoms with Gasteiger partial charge in [-0.15, -0.1) is 45.3 Å². The van der Waals surface area contributed by atoms with Crippen molar-refractivity contribution in [3.8, 4) is 0 Å². The Labute approximate surface area is 236 Å². The zero-order valence-corrected chi connectivity index (χ0v) is 23.3. The van der Waals surface area contributed by atoms with Crippen LogP contribution in [0.15, 0.2) is 119 Å². The van der Waals surface area contributed by atoms with Gasteiger partial charge in [0.25, 0.3) is 0 Å². The number of benzene rings is 4. The van der Waals surface area contributed by atoms with Crippen LogP contribution in [0.3, 0.4) is 0 Å². The number of rotatable bonds is 6. The van der Waals surface area contributed by atoms with E-state index in [2.05, 4.69) is 128 Å². The van der Waals surface area contributed by atoms with Crippen LogP contribution in [-0.2, 0) is 0 Å². The summed E-state index contributed by atoms with van der Waals surface area (Å²) in [6, 6.07) is 35.7. The van der Waals surface area contributed by atoms with Crippen molar-refractivity contribution in [3.05, 3.63) is 119 Å². The first kappa shape index (κ1) is 22.3. The molecule has 4 aromatic heterocycles. The predicted octanol–water partition coefficient (Wildman–Crippen LogP) is 11.8. The number of anilines is 6. The van der Waals surface area contributed by atoms with Gasteiger partial charge in [0.05, 0.1) is 11.4 Å². The zero-order valence-electron chi connectivity index (χ0n) is 20.1. The molecule has 0 spiro atoms. The molecule has 4 heterocycles. The third kappa shape index (κ3) is 3.42. The molecule has 8 aromatic rings. The van der Waals surface area contributed by atoms with Crippen molar-refractivity contribution in [2.24, 2.45) is 0 Å². The lowest BCUT2D eigenvalue weighted by atomic mass is 9.92. The van der Waals surface area contributed by atoms with Gasteiger partial charge in [0.1, 0.15) is 20.0 Å². The van der Waals surface area contributed by atoms with Crippen molar-refractivity contribution >= 4 is 109 Å². The second-order valence-electron chi connectivity index (χ2n) is 9.07. The summed E-state index contributed by atoms with van der Waals surface area (Å²) in [5.74, 6) is 0. The van der Waals surface area contributed by atoms with E-state index in [4.69, 9.17) is 0 Å². The van der Waals surface area contributed by atoms with E-state index in [0.29, 0.717) is 0 Å². The van der Waals surface area contributed by atoms with E-state index in [1.807, 2.05) is 0 Å². The molecule has 0 aliphatic heterocycles. The normalized spacial score (nSPS) is 11.7. The molecule has 0 unspecified atom stereocenters. The lowest BCUT2D eigenvalue weighted by molar-refractivity contribution is 1.37. The van der Waals surface area contributed by atoms with Gasteiger partial charge in [0.15, 0.2) is 0 Å². The molecule has 0 fully saturated rings. The predicted molar refractivity (Wildman–Crippen MR) is 171 cm³/mol. The fourth-order valence-corrected chi connectivity index (χ4v) is 8.58. The van der Waals surface area contributed by atoms with E-state index in [-0.39, 0.29) is 0 Å². The molecule has 0 atom stereocenters. The maximum Gasteiger partial charge on any atom is 0.101 e. The monoisotopic (exact) mass is 560 g/mol. The Morgan fingerprint density at radius 3 is 1.03 bits per heavy atom. The fourth-order valence-electron chi connectivity index (χ4n) is 5.44. The first-order chi connectivity index (χ1) is 18.9. The summed E-state index contributed by atoms with van der Waals surface area (Å²) in [6.45, 7) is 0. The topological polar surface area (TPSA) is 6.48 Å². The van der Waals surface area contributed by atoms with E-state index in [9.17, 15) is 0 Å². The van der Waals surface area contributed by atoms with Crippen LogP contribution >= 0.6 is 45.3 Å². The van der Waals surface area contributed by atoms with E-state index in [1.165, 1.54) is 63.7 Å². The van der Waals surface area contributed by atoms with Gasteiger partial charge in [0, 0.05) is 10.8 Å². The lowest BCUT2D eigenvalue weighted by Gasteiger charge is -2.26. The van der Waals surface area contributed by atoms with E-state index in [0.717, 1.165) is 0 Å². The molecule has 4 aromatic carbocycles. The van der Waals surface area contributed by atoms with Crippen LogP contribution in [0.5, 0.6) is 0 Å². The minimum Gasteiger partial charge on any atom is -0.292 e. The Balaban J connectivity index is 1.43. The molecule has 38 heavy (non-hydrogen) atoms. The van der Waals surface area contributed by atoms with Crippen molar-refractivity contribution in [2.75, 3.05) is 9.80 Å². The van der Waals surface area contributed by atoms with E-state index in [1.54, 1.807) is 45.3 Å². The van der Waals surface area contributed by atoms with Crippen LogP contribution in [0.1, 0.15) is 0 Å². The minimum atomic E-state index is 1.22. The van der Waals surface area contributed by atoms with Gasteiger partial charge in [-0.25, -0.2) is 0 Å². The van der Waals surface area contributed by atoms with Crippen LogP contribution in [0.2, 0.25) is 0 Å². The molecule has 0 saturated carbocycles. The molecule has 2 nitrogen and oxygen atoms in total. The van der Waals surface area contributed by atoms with Crippen molar-refractivity contribution < 1.29 is 0 Å². The highest BCUT2D eigenvalue weighted by Gasteiger charge is 2.22. The Bertz CT molecular complexity index is 1750. The summed E-state index contributed by atoms with van der Waals surface area (Å²) in [5.41, 5.74) is 2.44. The standard InChI is InChI=1S/C32H20N2S4/c1-5-27(35-17-1)33(28-6-2-18-36-28)25-15-11-21-10-14-24-26(16-12-22-9-13-23(25)31(21)32(22)24)34(29-7-3-19-37-29)30-8-4-20-38-30/h1-20H. The van der Waals surface area contributed by atoms with Crippen molar-refractivity contribution in [1.29, 1.82) is 0 Å². The van der Waals surface area contributed by atoms with Crippen LogP contribution < -0.4 is 9.80 Å². The Hall–Kier alpha value is -3.68. The average molecular weight is 561 g/mol. The molecular formula is C32H20N2S4. The molecular weight excluding hydrogens is 541 g/mol. The molecule has 6 heteroatoms. The van der Waals surface area contributed by atoms with Crippen LogP contribution in [0.4, 0.5) is 31.4 Å². The van der Waals surface area contributed by atoms with Crippen molar-refractivity contribution in [2.45, 2.75) is 0 Å². The first-order valence-corrected chi connectivity index (χ1v) is 15.8. The molecule has 0 bridgehead atoms. The SMILES string of the molecule is c1csc(N(c2cccs2)c2ccc3ccc4c(N(c5cccs5)c5cccs5)ccc5ccc2c3c54)c1. The third-order valence-corrected chi connectivity index (χ3v) is 10.4. The summed E-state index contributed by atoms with van der Waals surface area (Å²) in [7, 11) is 0. The third-order valence-electron chi connectivity index (χ3n) is 7.01. The number of hydrogen-bond acceptors (Lipinski definition) is 6. The molecule has 8 rings (SSSR count). The van der Waals surface area contributed by atoms with Gasteiger partial charge < -0.3 is 0 Å². The van der Waals surface area contributed by atoms with Gasteiger partial charge in [-0.2, -0.15) is 0 Å². The largest absolute Gasteiger partial charge is 0.292 e. The summed E-state index contributed by atoms with van der Waals surface area (Å²) in [6.07, 6.45) is 0. The van der Waals surface area contributed by atoms with E-state index >= 15 is 0 Å². The average Bonchev–Trinajstić information content (AvgIpc) is 3.78. The van der Waals surface area contributed by atoms with Gasteiger partial charge in [-0.05, 0) is 104 Å². The zero-order chi connectivity index (χ0) is 25.1. The van der Waals surface area contributed by atoms with Gasteiger partial charge in [0.2, 0.25) is 0 Å². The fraction of sp³-hybridized carbons (Fsp3) is 0. The van der Waals surface area contributed by atoms with Gasteiger partial charge in [-0.1, -0.05) is 36.4 Å². The maximum atomic E-state index is 2.41. The van der Waals surface area contributed by atoms with Crippen molar-refractivity contribution in [3.63, 3.8) is 0 Å². The number of thiophene rings is 4. The smallest absolute Gasteiger partial charge is 0.101 e. The van der Waals surface area contributed by atoms with Crippen molar-refractivity contribution in [1.82, 2.24) is 0 Å². The molecule has 0 radical (unpaired) electrons. The second kappa shape index (κ2) is 8.96. The minimum absolute atomic E-state index is 1.22. The quantitative estimate of drug-likeness (QED) is 0.187.